The van der Waals surface area contributed by atoms with Crippen LogP contribution >= 0.6 is 0 Å². The molecular weight excluding hydrogens is 370 g/mol. The van der Waals surface area contributed by atoms with Crippen molar-refractivity contribution in [3.63, 3.8) is 0 Å². The molecule has 0 saturated carbocycles. The van der Waals surface area contributed by atoms with Crippen molar-refractivity contribution >= 4 is 28.3 Å². The lowest BCUT2D eigenvalue weighted by atomic mass is 10.0. The summed E-state index contributed by atoms with van der Waals surface area (Å²) in [6, 6.07) is 17.7. The molecule has 3 rings (SSSR count). The molecule has 0 heterocycles. The van der Waals surface area contributed by atoms with E-state index < -0.39 is 30.5 Å². The van der Waals surface area contributed by atoms with Crippen LogP contribution in [0.15, 0.2) is 66.7 Å². The molecule has 0 aliphatic carbocycles. The van der Waals surface area contributed by atoms with Crippen molar-refractivity contribution in [3.05, 3.63) is 72.3 Å². The summed E-state index contributed by atoms with van der Waals surface area (Å²) in [6.07, 6.45) is 0.198. The van der Waals surface area contributed by atoms with Gasteiger partial charge < -0.3 is 26.6 Å². The number of amides is 2. The first-order valence-corrected chi connectivity index (χ1v) is 9.20. The van der Waals surface area contributed by atoms with Gasteiger partial charge in [-0.3, -0.25) is 9.59 Å². The number of phenols is 1. The summed E-state index contributed by atoms with van der Waals surface area (Å²) < 4.78 is 0. The van der Waals surface area contributed by atoms with Crippen LogP contribution in [0.5, 0.6) is 5.75 Å². The van der Waals surface area contributed by atoms with Gasteiger partial charge in [-0.15, -0.1) is 0 Å². The minimum Gasteiger partial charge on any atom is -0.508 e. The third-order valence-electron chi connectivity index (χ3n) is 4.56. The number of aliphatic hydroxyl groups excluding tert-OH is 1. The highest BCUT2D eigenvalue weighted by molar-refractivity contribution is 5.99. The van der Waals surface area contributed by atoms with E-state index in [0.717, 1.165) is 16.3 Å². The number of hydrogen-bond acceptors (Lipinski definition) is 5. The molecule has 0 spiro atoms. The van der Waals surface area contributed by atoms with Crippen LogP contribution in [0.1, 0.15) is 5.56 Å². The first-order valence-electron chi connectivity index (χ1n) is 9.20. The number of anilines is 1. The second-order valence-electron chi connectivity index (χ2n) is 6.77. The van der Waals surface area contributed by atoms with Gasteiger partial charge in [0.15, 0.2) is 0 Å². The van der Waals surface area contributed by atoms with E-state index in [2.05, 4.69) is 10.6 Å². The Hall–Kier alpha value is -3.42. The van der Waals surface area contributed by atoms with Crippen molar-refractivity contribution < 1.29 is 19.8 Å². The minimum absolute atomic E-state index is 0.109. The van der Waals surface area contributed by atoms with E-state index in [1.54, 1.807) is 18.2 Å². The summed E-state index contributed by atoms with van der Waals surface area (Å²) in [5.41, 5.74) is 6.92. The number of phenolic OH excluding ortho intramolecular Hbond substituents is 1. The van der Waals surface area contributed by atoms with Crippen molar-refractivity contribution in [1.29, 1.82) is 0 Å². The molecule has 0 unspecified atom stereocenters. The number of fused-ring (bicyclic) bond motifs is 1. The largest absolute Gasteiger partial charge is 0.508 e. The average molecular weight is 393 g/mol. The average Bonchev–Trinajstić information content (AvgIpc) is 2.74. The van der Waals surface area contributed by atoms with Crippen LogP contribution in [0.25, 0.3) is 10.8 Å². The molecule has 29 heavy (non-hydrogen) atoms. The minimum atomic E-state index is -1.12. The molecule has 6 N–H and O–H groups in total. The van der Waals surface area contributed by atoms with Crippen LogP contribution < -0.4 is 16.4 Å². The standard InChI is InChI=1S/C22H23N3O4/c23-19(13-26)21(28)25-20(11-14-5-9-18(27)10-6-14)22(29)24-17-8-7-15-3-1-2-4-16(15)12-17/h1-10,12,19-20,26-27H,11,13,23H2,(H,24,29)(H,25,28)/t19-,20+/m1/s1. The molecule has 0 saturated heterocycles. The van der Waals surface area contributed by atoms with Crippen molar-refractivity contribution in [2.45, 2.75) is 18.5 Å². The smallest absolute Gasteiger partial charge is 0.247 e. The molecule has 0 fully saturated rings. The number of carbonyl (C=O) groups excluding carboxylic acids is 2. The van der Waals surface area contributed by atoms with E-state index in [0.29, 0.717) is 5.69 Å². The Bertz CT molecular complexity index is 1000. The SMILES string of the molecule is N[C@H](CO)C(=O)N[C@@H](Cc1ccc(O)cc1)C(=O)Nc1ccc2ccccc2c1. The molecule has 3 aromatic rings. The van der Waals surface area contributed by atoms with Crippen LogP contribution in [0.3, 0.4) is 0 Å². The molecule has 0 aromatic heterocycles. The van der Waals surface area contributed by atoms with Gasteiger partial charge in [-0.25, -0.2) is 0 Å². The number of aliphatic hydroxyl groups is 1. The first kappa shape index (κ1) is 20.3. The lowest BCUT2D eigenvalue weighted by molar-refractivity contribution is -0.127. The molecule has 0 bridgehead atoms. The lowest BCUT2D eigenvalue weighted by Crippen LogP contribution is -2.52. The fourth-order valence-electron chi connectivity index (χ4n) is 2.94. The number of benzene rings is 3. The first-order chi connectivity index (χ1) is 14.0. The third kappa shape index (κ3) is 5.31. The fraction of sp³-hybridized carbons (Fsp3) is 0.182. The number of nitrogens with two attached hydrogens (primary N) is 1. The highest BCUT2D eigenvalue weighted by atomic mass is 16.3. The normalized spacial score (nSPS) is 12.9. The Kier molecular flexibility index (Phi) is 6.43. The summed E-state index contributed by atoms with van der Waals surface area (Å²) >= 11 is 0. The third-order valence-corrected chi connectivity index (χ3v) is 4.56. The number of carbonyl (C=O) groups is 2. The van der Waals surface area contributed by atoms with E-state index in [-0.39, 0.29) is 12.2 Å². The zero-order valence-electron chi connectivity index (χ0n) is 15.7. The molecule has 2 amide bonds. The highest BCUT2D eigenvalue weighted by Gasteiger charge is 2.24. The van der Waals surface area contributed by atoms with Crippen molar-refractivity contribution in [3.8, 4) is 5.75 Å². The number of aromatic hydroxyl groups is 1. The Balaban J connectivity index is 1.79. The quantitative estimate of drug-likeness (QED) is 0.416. The van der Waals surface area contributed by atoms with Gasteiger partial charge in [-0.1, -0.05) is 42.5 Å². The summed E-state index contributed by atoms with van der Waals surface area (Å²) in [5, 5.41) is 26.0. The Morgan fingerprint density at radius 2 is 1.62 bits per heavy atom. The summed E-state index contributed by atoms with van der Waals surface area (Å²) in [6.45, 7) is -0.524. The molecule has 0 radical (unpaired) electrons. The highest BCUT2D eigenvalue weighted by Crippen LogP contribution is 2.19. The zero-order valence-corrected chi connectivity index (χ0v) is 15.7. The Morgan fingerprint density at radius 3 is 2.31 bits per heavy atom. The van der Waals surface area contributed by atoms with Crippen LogP contribution in [0.2, 0.25) is 0 Å². The van der Waals surface area contributed by atoms with Gasteiger partial charge >= 0.3 is 0 Å². The molecule has 150 valence electrons. The van der Waals surface area contributed by atoms with Gasteiger partial charge in [0, 0.05) is 12.1 Å². The van der Waals surface area contributed by atoms with Gasteiger partial charge in [-0.05, 0) is 40.6 Å². The van der Waals surface area contributed by atoms with Crippen LogP contribution in [0.4, 0.5) is 5.69 Å². The lowest BCUT2D eigenvalue weighted by Gasteiger charge is -2.20. The number of hydrogen-bond donors (Lipinski definition) is 5. The van der Waals surface area contributed by atoms with Crippen molar-refractivity contribution in [2.24, 2.45) is 5.73 Å². The maximum atomic E-state index is 12.9. The van der Waals surface area contributed by atoms with Crippen molar-refractivity contribution in [2.75, 3.05) is 11.9 Å². The molecule has 3 aromatic carbocycles. The van der Waals surface area contributed by atoms with Crippen LogP contribution in [-0.4, -0.2) is 40.7 Å². The Labute approximate surface area is 168 Å². The van der Waals surface area contributed by atoms with Gasteiger partial charge in [0.2, 0.25) is 11.8 Å². The van der Waals surface area contributed by atoms with E-state index in [4.69, 9.17) is 10.8 Å². The number of nitrogens with one attached hydrogen (secondary N) is 2. The molecular formula is C22H23N3O4. The van der Waals surface area contributed by atoms with Crippen molar-refractivity contribution in [1.82, 2.24) is 5.32 Å². The van der Waals surface area contributed by atoms with Gasteiger partial charge in [-0.2, -0.15) is 0 Å². The summed E-state index contributed by atoms with van der Waals surface area (Å²) in [4.78, 5) is 25.0. The van der Waals surface area contributed by atoms with E-state index in [1.165, 1.54) is 12.1 Å². The summed E-state index contributed by atoms with van der Waals surface area (Å²) in [7, 11) is 0. The molecule has 7 nitrogen and oxygen atoms in total. The molecule has 0 aliphatic rings. The summed E-state index contributed by atoms with van der Waals surface area (Å²) in [5.74, 6) is -0.922. The Morgan fingerprint density at radius 1 is 0.931 bits per heavy atom. The predicted molar refractivity (Wildman–Crippen MR) is 111 cm³/mol. The van der Waals surface area contributed by atoms with E-state index in [1.807, 2.05) is 36.4 Å². The zero-order chi connectivity index (χ0) is 20.8. The maximum Gasteiger partial charge on any atom is 0.247 e. The topological polar surface area (TPSA) is 125 Å². The van der Waals surface area contributed by atoms with Gasteiger partial charge in [0.25, 0.3) is 0 Å². The molecule has 0 aliphatic heterocycles. The van der Waals surface area contributed by atoms with E-state index >= 15 is 0 Å². The van der Waals surface area contributed by atoms with Gasteiger partial charge in [0.1, 0.15) is 17.8 Å². The second kappa shape index (κ2) is 9.18. The maximum absolute atomic E-state index is 12.9. The molecule has 7 heteroatoms. The second-order valence-corrected chi connectivity index (χ2v) is 6.77. The molecule has 2 atom stereocenters. The van der Waals surface area contributed by atoms with Crippen LogP contribution in [0, 0.1) is 0 Å². The fourth-order valence-corrected chi connectivity index (χ4v) is 2.94. The van der Waals surface area contributed by atoms with E-state index in [9.17, 15) is 14.7 Å². The monoisotopic (exact) mass is 393 g/mol. The number of rotatable bonds is 7. The van der Waals surface area contributed by atoms with Gasteiger partial charge in [0.05, 0.1) is 6.61 Å². The van der Waals surface area contributed by atoms with Crippen LogP contribution in [-0.2, 0) is 16.0 Å². The predicted octanol–water partition coefficient (Wildman–Crippen LogP) is 1.53.